The van der Waals surface area contributed by atoms with Crippen molar-refractivity contribution in [1.82, 2.24) is 9.78 Å². The van der Waals surface area contributed by atoms with Crippen molar-refractivity contribution in [3.05, 3.63) is 88.0 Å². The van der Waals surface area contributed by atoms with Crippen molar-refractivity contribution in [1.29, 1.82) is 0 Å². The SMILES string of the molecule is COc1ccc(COC(=O)/C=C/c2c(C)nn(Cc3ccccc3)c2Cl)cc1F. The van der Waals surface area contributed by atoms with Crippen molar-refractivity contribution in [2.75, 3.05) is 7.11 Å². The second kappa shape index (κ2) is 9.39. The number of carbonyl (C=O) groups is 1. The molecule has 5 nitrogen and oxygen atoms in total. The van der Waals surface area contributed by atoms with Gasteiger partial charge in [0.25, 0.3) is 0 Å². The van der Waals surface area contributed by atoms with Crippen LogP contribution in [0.4, 0.5) is 4.39 Å². The number of hydrogen-bond acceptors (Lipinski definition) is 4. The van der Waals surface area contributed by atoms with Crippen LogP contribution >= 0.6 is 11.6 Å². The van der Waals surface area contributed by atoms with Crippen molar-refractivity contribution in [2.45, 2.75) is 20.1 Å². The minimum absolute atomic E-state index is 0.0515. The van der Waals surface area contributed by atoms with Crippen LogP contribution in [0, 0.1) is 12.7 Å². The lowest BCUT2D eigenvalue weighted by Crippen LogP contribution is -2.02. The molecule has 1 aromatic heterocycles. The Kier molecular flexibility index (Phi) is 6.67. The molecule has 0 aliphatic heterocycles. The monoisotopic (exact) mass is 414 g/mol. The highest BCUT2D eigenvalue weighted by Crippen LogP contribution is 2.22. The van der Waals surface area contributed by atoms with Gasteiger partial charge in [-0.2, -0.15) is 5.10 Å². The molecular formula is C22H20ClFN2O3. The molecule has 3 aromatic rings. The summed E-state index contributed by atoms with van der Waals surface area (Å²) in [6.45, 7) is 2.30. The Labute approximate surface area is 173 Å². The molecule has 0 unspecified atom stereocenters. The molecule has 2 aromatic carbocycles. The Balaban J connectivity index is 1.63. The van der Waals surface area contributed by atoms with Gasteiger partial charge in [-0.25, -0.2) is 13.9 Å². The Bertz CT molecular complexity index is 1030. The lowest BCUT2D eigenvalue weighted by molar-refractivity contribution is -0.138. The van der Waals surface area contributed by atoms with Crippen LogP contribution in [-0.2, 0) is 22.7 Å². The largest absolute Gasteiger partial charge is 0.494 e. The van der Waals surface area contributed by atoms with Gasteiger partial charge in [0.15, 0.2) is 11.6 Å². The number of benzene rings is 2. The summed E-state index contributed by atoms with van der Waals surface area (Å²) in [6.07, 6.45) is 2.85. The number of rotatable bonds is 7. The molecule has 0 spiro atoms. The quantitative estimate of drug-likeness (QED) is 0.411. The fraction of sp³-hybridized carbons (Fsp3) is 0.182. The van der Waals surface area contributed by atoms with Gasteiger partial charge >= 0.3 is 5.97 Å². The minimum Gasteiger partial charge on any atom is -0.494 e. The first-order valence-electron chi connectivity index (χ1n) is 8.92. The average Bonchev–Trinajstić information content (AvgIpc) is 2.98. The summed E-state index contributed by atoms with van der Waals surface area (Å²) < 4.78 is 25.4. The van der Waals surface area contributed by atoms with E-state index in [1.54, 1.807) is 16.8 Å². The summed E-state index contributed by atoms with van der Waals surface area (Å²) in [7, 11) is 1.39. The van der Waals surface area contributed by atoms with Gasteiger partial charge < -0.3 is 9.47 Å². The van der Waals surface area contributed by atoms with Crippen LogP contribution in [0.25, 0.3) is 6.08 Å². The highest BCUT2D eigenvalue weighted by Gasteiger charge is 2.12. The smallest absolute Gasteiger partial charge is 0.331 e. The van der Waals surface area contributed by atoms with Gasteiger partial charge in [0.05, 0.1) is 19.3 Å². The van der Waals surface area contributed by atoms with Crippen molar-refractivity contribution in [2.24, 2.45) is 0 Å². The molecule has 0 aliphatic carbocycles. The molecule has 0 radical (unpaired) electrons. The summed E-state index contributed by atoms with van der Waals surface area (Å²) in [5.74, 6) is -0.935. The van der Waals surface area contributed by atoms with Gasteiger partial charge in [0.2, 0.25) is 0 Å². The van der Waals surface area contributed by atoms with Crippen molar-refractivity contribution in [3.63, 3.8) is 0 Å². The van der Waals surface area contributed by atoms with Crippen LogP contribution in [0.2, 0.25) is 5.15 Å². The van der Waals surface area contributed by atoms with E-state index in [1.807, 2.05) is 37.3 Å². The van der Waals surface area contributed by atoms with E-state index in [0.717, 1.165) is 5.56 Å². The molecule has 0 fully saturated rings. The lowest BCUT2D eigenvalue weighted by Gasteiger charge is -2.05. The minimum atomic E-state index is -0.562. The Morgan fingerprint density at radius 3 is 2.66 bits per heavy atom. The summed E-state index contributed by atoms with van der Waals surface area (Å²) in [5.41, 5.74) is 2.94. The third kappa shape index (κ3) is 5.23. The molecule has 0 atom stereocenters. The number of aryl methyl sites for hydroxylation is 1. The van der Waals surface area contributed by atoms with Gasteiger partial charge in [-0.15, -0.1) is 0 Å². The van der Waals surface area contributed by atoms with E-state index in [2.05, 4.69) is 5.10 Å². The first kappa shape index (κ1) is 20.6. The van der Waals surface area contributed by atoms with E-state index in [9.17, 15) is 9.18 Å². The summed E-state index contributed by atoms with van der Waals surface area (Å²) >= 11 is 6.43. The molecule has 0 aliphatic rings. The molecule has 3 rings (SSSR count). The van der Waals surface area contributed by atoms with E-state index >= 15 is 0 Å². The van der Waals surface area contributed by atoms with Crippen LogP contribution in [0.15, 0.2) is 54.6 Å². The van der Waals surface area contributed by atoms with E-state index in [1.165, 1.54) is 25.3 Å². The second-order valence-electron chi connectivity index (χ2n) is 6.34. The number of esters is 1. The van der Waals surface area contributed by atoms with Gasteiger partial charge in [0.1, 0.15) is 11.8 Å². The van der Waals surface area contributed by atoms with E-state index in [4.69, 9.17) is 21.1 Å². The maximum atomic E-state index is 13.7. The molecular weight excluding hydrogens is 395 g/mol. The average molecular weight is 415 g/mol. The molecule has 150 valence electrons. The van der Waals surface area contributed by atoms with E-state index in [0.29, 0.717) is 28.5 Å². The topological polar surface area (TPSA) is 53.4 Å². The number of ether oxygens (including phenoxy) is 2. The zero-order chi connectivity index (χ0) is 20.8. The summed E-state index contributed by atoms with van der Waals surface area (Å²) in [4.78, 5) is 12.0. The fourth-order valence-electron chi connectivity index (χ4n) is 2.77. The van der Waals surface area contributed by atoms with Crippen molar-refractivity contribution < 1.29 is 18.7 Å². The first-order chi connectivity index (χ1) is 14.0. The number of halogens is 2. The number of aromatic nitrogens is 2. The van der Waals surface area contributed by atoms with Crippen LogP contribution in [-0.4, -0.2) is 22.9 Å². The Morgan fingerprint density at radius 1 is 1.21 bits per heavy atom. The third-order valence-corrected chi connectivity index (χ3v) is 4.67. The van der Waals surface area contributed by atoms with Gasteiger partial charge in [-0.05, 0) is 36.3 Å². The van der Waals surface area contributed by atoms with Crippen LogP contribution < -0.4 is 4.74 Å². The van der Waals surface area contributed by atoms with E-state index < -0.39 is 11.8 Å². The van der Waals surface area contributed by atoms with Crippen molar-refractivity contribution in [3.8, 4) is 5.75 Å². The predicted molar refractivity (Wildman–Crippen MR) is 109 cm³/mol. The second-order valence-corrected chi connectivity index (χ2v) is 6.70. The first-order valence-corrected chi connectivity index (χ1v) is 9.30. The van der Waals surface area contributed by atoms with Crippen LogP contribution in [0.5, 0.6) is 5.75 Å². The normalized spacial score (nSPS) is 11.0. The third-order valence-electron chi connectivity index (χ3n) is 4.27. The Hall–Kier alpha value is -3.12. The highest BCUT2D eigenvalue weighted by atomic mass is 35.5. The number of carbonyl (C=O) groups excluding carboxylic acids is 1. The molecule has 0 saturated carbocycles. The molecule has 0 N–H and O–H groups in total. The molecule has 29 heavy (non-hydrogen) atoms. The molecule has 7 heteroatoms. The van der Waals surface area contributed by atoms with Gasteiger partial charge in [-0.3, -0.25) is 0 Å². The zero-order valence-electron chi connectivity index (χ0n) is 16.1. The van der Waals surface area contributed by atoms with Gasteiger partial charge in [0, 0.05) is 11.6 Å². The maximum Gasteiger partial charge on any atom is 0.331 e. The fourth-order valence-corrected chi connectivity index (χ4v) is 3.07. The van der Waals surface area contributed by atoms with Crippen LogP contribution in [0.1, 0.15) is 22.4 Å². The zero-order valence-corrected chi connectivity index (χ0v) is 16.8. The standard InChI is InChI=1S/C22H20ClFN2O3/c1-15-18(22(23)26(25-15)13-16-6-4-3-5-7-16)9-11-21(27)29-14-17-8-10-20(28-2)19(24)12-17/h3-12H,13-14H2,1-2H3/b11-9+. The predicted octanol–water partition coefficient (Wildman–Crippen LogP) is 4.80. The maximum absolute atomic E-state index is 13.7. The van der Waals surface area contributed by atoms with E-state index in [-0.39, 0.29) is 12.4 Å². The number of nitrogens with zero attached hydrogens (tertiary/aromatic N) is 2. The van der Waals surface area contributed by atoms with Crippen molar-refractivity contribution >= 4 is 23.6 Å². The molecule has 0 bridgehead atoms. The number of hydrogen-bond donors (Lipinski definition) is 0. The summed E-state index contributed by atoms with van der Waals surface area (Å²) in [5, 5.41) is 4.87. The molecule has 0 saturated heterocycles. The van der Waals surface area contributed by atoms with Crippen LogP contribution in [0.3, 0.4) is 0 Å². The Morgan fingerprint density at radius 2 is 1.97 bits per heavy atom. The highest BCUT2D eigenvalue weighted by molar-refractivity contribution is 6.31. The summed E-state index contributed by atoms with van der Waals surface area (Å²) in [6, 6.07) is 14.2. The van der Waals surface area contributed by atoms with Gasteiger partial charge in [-0.1, -0.05) is 48.0 Å². The molecule has 0 amide bonds. The number of methoxy groups -OCH3 is 1. The molecule has 1 heterocycles. The lowest BCUT2D eigenvalue weighted by atomic mass is 10.2.